The number of hydrogen-bond donors (Lipinski definition) is 0. The standard InChI is InChI=1S/C54H58Si/c1-35(2)42-20-26-45(27-21-42)48-14-11-17-51(32-48)55(54-40(9)38(7)39(8)41(54)10,52-18-12-15-49(33-52)46-28-22-43(23-29-46)36(3)4)53-19-13-16-50(34-53)47-30-24-44(25-31-47)37(5)6/h11-37,54H,1-10H3. The number of allylic oxidation sites excluding steroid dienone is 4. The smallest absolute Gasteiger partial charge is 0.0647 e. The summed E-state index contributed by atoms with van der Waals surface area (Å²) in [5, 5.41) is 4.34. The van der Waals surface area contributed by atoms with Crippen LogP contribution in [0.15, 0.2) is 168 Å². The summed E-state index contributed by atoms with van der Waals surface area (Å²) >= 11 is 0. The predicted octanol–water partition coefficient (Wildman–Crippen LogP) is 13.6. The lowest BCUT2D eigenvalue weighted by molar-refractivity contribution is 0.867. The van der Waals surface area contributed by atoms with E-state index in [9.17, 15) is 0 Å². The van der Waals surface area contributed by atoms with Crippen molar-refractivity contribution in [3.63, 3.8) is 0 Å². The minimum absolute atomic E-state index is 0.267. The Hall–Kier alpha value is -4.98. The van der Waals surface area contributed by atoms with Crippen molar-refractivity contribution in [2.24, 2.45) is 0 Å². The lowest BCUT2D eigenvalue weighted by atomic mass is 9.99. The highest BCUT2D eigenvalue weighted by atomic mass is 28.3. The molecule has 6 aromatic carbocycles. The molecule has 0 atom stereocenters. The van der Waals surface area contributed by atoms with Gasteiger partial charge in [0.1, 0.15) is 0 Å². The molecule has 7 rings (SSSR count). The van der Waals surface area contributed by atoms with Gasteiger partial charge in [-0.05, 0) is 122 Å². The van der Waals surface area contributed by atoms with Gasteiger partial charge in [0.15, 0.2) is 8.07 Å². The summed E-state index contributed by atoms with van der Waals surface area (Å²) in [6.45, 7) is 23.1. The highest BCUT2D eigenvalue weighted by molar-refractivity contribution is 7.13. The monoisotopic (exact) mass is 734 g/mol. The van der Waals surface area contributed by atoms with Crippen molar-refractivity contribution >= 4 is 23.6 Å². The van der Waals surface area contributed by atoms with Crippen molar-refractivity contribution in [3.05, 3.63) is 185 Å². The third-order valence-corrected chi connectivity index (χ3v) is 18.1. The Morgan fingerprint density at radius 1 is 0.345 bits per heavy atom. The van der Waals surface area contributed by atoms with Crippen LogP contribution in [0.4, 0.5) is 0 Å². The second-order valence-corrected chi connectivity index (χ2v) is 20.9. The first-order valence-electron chi connectivity index (χ1n) is 20.4. The Kier molecular flexibility index (Phi) is 10.9. The maximum atomic E-state index is 2.55. The molecule has 0 N–H and O–H groups in total. The average Bonchev–Trinajstić information content (AvgIpc) is 3.40. The Morgan fingerprint density at radius 2 is 0.618 bits per heavy atom. The van der Waals surface area contributed by atoms with E-state index in [0.29, 0.717) is 17.8 Å². The molecule has 0 bridgehead atoms. The van der Waals surface area contributed by atoms with E-state index < -0.39 is 8.07 Å². The van der Waals surface area contributed by atoms with Crippen LogP contribution in [0.2, 0.25) is 5.54 Å². The van der Waals surface area contributed by atoms with E-state index >= 15 is 0 Å². The first-order chi connectivity index (χ1) is 26.4. The fourth-order valence-corrected chi connectivity index (χ4v) is 15.0. The molecule has 0 aliphatic heterocycles. The van der Waals surface area contributed by atoms with Crippen LogP contribution in [-0.4, -0.2) is 8.07 Å². The van der Waals surface area contributed by atoms with Gasteiger partial charge in [0.25, 0.3) is 0 Å². The average molecular weight is 735 g/mol. The Bertz CT molecular complexity index is 2110. The van der Waals surface area contributed by atoms with Gasteiger partial charge in [0, 0.05) is 5.54 Å². The lowest BCUT2D eigenvalue weighted by Gasteiger charge is -2.41. The van der Waals surface area contributed by atoms with Crippen molar-refractivity contribution < 1.29 is 0 Å². The molecule has 6 aromatic rings. The molecule has 55 heavy (non-hydrogen) atoms. The van der Waals surface area contributed by atoms with Gasteiger partial charge >= 0.3 is 0 Å². The molecule has 0 saturated carbocycles. The molecule has 0 nitrogen and oxygen atoms in total. The largest absolute Gasteiger partial charge is 0.159 e. The fourth-order valence-electron chi connectivity index (χ4n) is 9.01. The van der Waals surface area contributed by atoms with Gasteiger partial charge in [-0.2, -0.15) is 0 Å². The van der Waals surface area contributed by atoms with Crippen LogP contribution < -0.4 is 15.6 Å². The van der Waals surface area contributed by atoms with Crippen LogP contribution in [-0.2, 0) is 0 Å². The van der Waals surface area contributed by atoms with Crippen molar-refractivity contribution in [1.82, 2.24) is 0 Å². The van der Waals surface area contributed by atoms with Crippen molar-refractivity contribution in [2.45, 2.75) is 92.5 Å². The molecular formula is C54H58Si. The van der Waals surface area contributed by atoms with Gasteiger partial charge in [-0.15, -0.1) is 0 Å². The van der Waals surface area contributed by atoms with Crippen LogP contribution in [0.3, 0.4) is 0 Å². The molecule has 1 aliphatic rings. The minimum Gasteiger partial charge on any atom is -0.0647 e. The molecule has 278 valence electrons. The lowest BCUT2D eigenvalue weighted by Crippen LogP contribution is -2.70. The van der Waals surface area contributed by atoms with E-state index in [1.165, 1.54) is 87.9 Å². The topological polar surface area (TPSA) is 0 Å². The summed E-state index contributed by atoms with van der Waals surface area (Å²) in [7, 11) is -2.90. The van der Waals surface area contributed by atoms with Gasteiger partial charge in [-0.3, -0.25) is 0 Å². The first-order valence-corrected chi connectivity index (χ1v) is 22.5. The summed E-state index contributed by atoms with van der Waals surface area (Å²) < 4.78 is 0. The summed E-state index contributed by atoms with van der Waals surface area (Å²) in [5.74, 6) is 1.50. The zero-order chi connectivity index (χ0) is 39.0. The summed E-state index contributed by atoms with van der Waals surface area (Å²) in [6.07, 6.45) is 0. The quantitative estimate of drug-likeness (QED) is 0.0971. The van der Waals surface area contributed by atoms with Crippen LogP contribution in [0.5, 0.6) is 0 Å². The third kappa shape index (κ3) is 7.16. The highest BCUT2D eigenvalue weighted by Crippen LogP contribution is 2.47. The molecule has 0 spiro atoms. The second-order valence-electron chi connectivity index (χ2n) is 16.9. The van der Waals surface area contributed by atoms with E-state index in [1.807, 2.05) is 0 Å². The molecule has 1 heteroatoms. The minimum atomic E-state index is -2.90. The predicted molar refractivity (Wildman–Crippen MR) is 243 cm³/mol. The molecule has 0 unspecified atom stereocenters. The first kappa shape index (κ1) is 38.3. The molecule has 0 amide bonds. The Morgan fingerprint density at radius 3 is 0.873 bits per heavy atom. The summed E-state index contributed by atoms with van der Waals surface area (Å²) in [6, 6.07) is 56.7. The van der Waals surface area contributed by atoms with E-state index in [4.69, 9.17) is 0 Å². The van der Waals surface area contributed by atoms with Gasteiger partial charge in [0.05, 0.1) is 0 Å². The molecule has 1 aliphatic carbocycles. The van der Waals surface area contributed by atoms with Crippen molar-refractivity contribution in [2.75, 3.05) is 0 Å². The normalized spacial score (nSPS) is 13.9. The SMILES string of the molecule is CC1=C(C)C([Si](c2cccc(-c3ccc(C(C)C)cc3)c2)(c2cccc(-c3ccc(C(C)C)cc3)c2)c2cccc(-c3ccc(C(C)C)cc3)c2)C(C)=C1C. The zero-order valence-electron chi connectivity index (χ0n) is 34.7. The van der Waals surface area contributed by atoms with Crippen LogP contribution in [0.25, 0.3) is 33.4 Å². The van der Waals surface area contributed by atoms with E-state index in [0.717, 1.165) is 0 Å². The van der Waals surface area contributed by atoms with E-state index in [1.54, 1.807) is 0 Å². The maximum Gasteiger partial charge on any atom is 0.159 e. The summed E-state index contributed by atoms with van der Waals surface area (Å²) in [5.41, 5.74) is 17.9. The van der Waals surface area contributed by atoms with Gasteiger partial charge in [0.2, 0.25) is 0 Å². The molecule has 0 saturated heterocycles. The van der Waals surface area contributed by atoms with E-state index in [-0.39, 0.29) is 5.54 Å². The molecule has 0 aromatic heterocycles. The highest BCUT2D eigenvalue weighted by Gasteiger charge is 2.50. The van der Waals surface area contributed by atoms with Gasteiger partial charge < -0.3 is 0 Å². The molecular weight excluding hydrogens is 677 g/mol. The van der Waals surface area contributed by atoms with Crippen molar-refractivity contribution in [1.29, 1.82) is 0 Å². The van der Waals surface area contributed by atoms with E-state index in [2.05, 4.69) is 215 Å². The zero-order valence-corrected chi connectivity index (χ0v) is 35.7. The van der Waals surface area contributed by atoms with Gasteiger partial charge in [-0.1, -0.05) is 198 Å². The van der Waals surface area contributed by atoms with Gasteiger partial charge in [-0.25, -0.2) is 0 Å². The summed E-state index contributed by atoms with van der Waals surface area (Å²) in [4.78, 5) is 0. The van der Waals surface area contributed by atoms with Crippen LogP contribution >= 0.6 is 0 Å². The van der Waals surface area contributed by atoms with Crippen molar-refractivity contribution in [3.8, 4) is 33.4 Å². The Labute approximate surface area is 332 Å². The molecule has 0 fully saturated rings. The number of benzene rings is 6. The fraction of sp³-hybridized carbons (Fsp3) is 0.259. The maximum absolute atomic E-state index is 2.90. The molecule has 0 radical (unpaired) electrons. The van der Waals surface area contributed by atoms with Crippen LogP contribution in [0, 0.1) is 0 Å². The second kappa shape index (κ2) is 15.6. The third-order valence-electron chi connectivity index (χ3n) is 12.7. The number of rotatable bonds is 10. The Balaban J connectivity index is 1.54. The van der Waals surface area contributed by atoms with Crippen LogP contribution in [0.1, 0.15) is 104 Å². The molecule has 0 heterocycles. The number of hydrogen-bond acceptors (Lipinski definition) is 0.